The Hall–Kier alpha value is -1.78. The maximum atomic E-state index is 11.9. The summed E-state index contributed by atoms with van der Waals surface area (Å²) in [7, 11) is 0. The average molecular weight is 311 g/mol. The number of pyridine rings is 1. The van der Waals surface area contributed by atoms with Crippen LogP contribution in [0.15, 0.2) is 42.6 Å². The van der Waals surface area contributed by atoms with Gasteiger partial charge in [0, 0.05) is 11.2 Å². The second-order valence-electron chi connectivity index (χ2n) is 4.04. The van der Waals surface area contributed by atoms with Crippen LogP contribution < -0.4 is 10.1 Å². The van der Waals surface area contributed by atoms with E-state index in [0.29, 0.717) is 21.6 Å². The molecule has 1 heterocycles. The molecular weight excluding hydrogens is 299 g/mol. The summed E-state index contributed by atoms with van der Waals surface area (Å²) in [5.74, 6) is 0.560. The summed E-state index contributed by atoms with van der Waals surface area (Å²) in [4.78, 5) is 16.0. The minimum Gasteiger partial charge on any atom is -0.479 e. The zero-order chi connectivity index (χ0) is 14.5. The Morgan fingerprint density at radius 2 is 2.10 bits per heavy atom. The summed E-state index contributed by atoms with van der Waals surface area (Å²) >= 11 is 11.8. The van der Waals surface area contributed by atoms with Crippen molar-refractivity contribution in [1.82, 2.24) is 4.98 Å². The second kappa shape index (κ2) is 6.59. The quantitative estimate of drug-likeness (QED) is 0.934. The van der Waals surface area contributed by atoms with Gasteiger partial charge in [-0.1, -0.05) is 29.3 Å². The van der Waals surface area contributed by atoms with Crippen molar-refractivity contribution in [1.29, 1.82) is 0 Å². The fourth-order valence-corrected chi connectivity index (χ4v) is 1.93. The molecule has 1 amide bonds. The highest BCUT2D eigenvalue weighted by molar-refractivity contribution is 6.35. The smallest absolute Gasteiger partial charge is 0.266 e. The lowest BCUT2D eigenvalue weighted by molar-refractivity contribution is -0.122. The molecule has 1 N–H and O–H groups in total. The van der Waals surface area contributed by atoms with Crippen LogP contribution in [0.25, 0.3) is 0 Å². The van der Waals surface area contributed by atoms with Crippen molar-refractivity contribution < 1.29 is 9.53 Å². The average Bonchev–Trinajstić information content (AvgIpc) is 2.43. The minimum absolute atomic E-state index is 0.310. The van der Waals surface area contributed by atoms with Gasteiger partial charge in [-0.2, -0.15) is 0 Å². The first-order valence-electron chi connectivity index (χ1n) is 5.90. The normalized spacial score (nSPS) is 11.8. The first-order valence-corrected chi connectivity index (χ1v) is 6.65. The van der Waals surface area contributed by atoms with Gasteiger partial charge in [-0.05, 0) is 37.3 Å². The maximum absolute atomic E-state index is 11.9. The first-order chi connectivity index (χ1) is 9.56. The third kappa shape index (κ3) is 3.85. The van der Waals surface area contributed by atoms with E-state index < -0.39 is 6.10 Å². The minimum atomic E-state index is -0.712. The number of anilines is 1. The van der Waals surface area contributed by atoms with Gasteiger partial charge in [0.15, 0.2) is 6.10 Å². The lowest BCUT2D eigenvalue weighted by atomic mass is 10.3. The fourth-order valence-electron chi connectivity index (χ4n) is 1.48. The molecule has 0 saturated heterocycles. The molecule has 2 rings (SSSR count). The summed E-state index contributed by atoms with van der Waals surface area (Å²) in [6, 6.07) is 10.1. The summed E-state index contributed by atoms with van der Waals surface area (Å²) in [5.41, 5.74) is 0. The Kier molecular flexibility index (Phi) is 4.82. The zero-order valence-corrected chi connectivity index (χ0v) is 12.2. The molecule has 0 aliphatic heterocycles. The second-order valence-corrected chi connectivity index (χ2v) is 4.88. The number of aromatic nitrogens is 1. The number of nitrogens with zero attached hydrogens (tertiary/aromatic N) is 1. The number of nitrogens with one attached hydrogen (secondary N) is 1. The van der Waals surface area contributed by atoms with Gasteiger partial charge in [0.25, 0.3) is 5.91 Å². The largest absolute Gasteiger partial charge is 0.479 e. The number of hydrogen-bond acceptors (Lipinski definition) is 3. The van der Waals surface area contributed by atoms with Crippen molar-refractivity contribution >= 4 is 34.9 Å². The van der Waals surface area contributed by atoms with Crippen LogP contribution in [0.5, 0.6) is 5.75 Å². The van der Waals surface area contributed by atoms with E-state index in [-0.39, 0.29) is 5.91 Å². The number of amides is 1. The van der Waals surface area contributed by atoms with Crippen LogP contribution in [0, 0.1) is 0 Å². The van der Waals surface area contributed by atoms with Gasteiger partial charge in [-0.15, -0.1) is 0 Å². The molecule has 4 nitrogen and oxygen atoms in total. The zero-order valence-electron chi connectivity index (χ0n) is 10.6. The number of benzene rings is 1. The van der Waals surface area contributed by atoms with E-state index in [1.54, 1.807) is 49.5 Å². The Balaban J connectivity index is 2.00. The number of ether oxygens (including phenoxy) is 1. The number of rotatable bonds is 4. The molecule has 0 spiro atoms. The van der Waals surface area contributed by atoms with E-state index in [9.17, 15) is 4.79 Å². The fraction of sp³-hybridized carbons (Fsp3) is 0.143. The molecule has 104 valence electrons. The van der Waals surface area contributed by atoms with E-state index in [0.717, 1.165) is 0 Å². The van der Waals surface area contributed by atoms with Crippen molar-refractivity contribution in [2.45, 2.75) is 13.0 Å². The van der Waals surface area contributed by atoms with Crippen LogP contribution in [0.3, 0.4) is 0 Å². The van der Waals surface area contributed by atoms with E-state index >= 15 is 0 Å². The predicted octanol–water partition coefficient (Wildman–Crippen LogP) is 3.79. The van der Waals surface area contributed by atoms with Crippen molar-refractivity contribution in [3.8, 4) is 5.75 Å². The van der Waals surface area contributed by atoms with Gasteiger partial charge in [0.05, 0.1) is 5.02 Å². The lowest BCUT2D eigenvalue weighted by Crippen LogP contribution is -2.30. The van der Waals surface area contributed by atoms with Crippen molar-refractivity contribution in [3.05, 3.63) is 52.6 Å². The summed E-state index contributed by atoms with van der Waals surface area (Å²) in [6.45, 7) is 1.63. The van der Waals surface area contributed by atoms with Crippen LogP contribution >= 0.6 is 23.2 Å². The molecule has 0 unspecified atom stereocenters. The van der Waals surface area contributed by atoms with Gasteiger partial charge in [-0.3, -0.25) is 4.79 Å². The summed E-state index contributed by atoms with van der Waals surface area (Å²) < 4.78 is 5.50. The molecule has 0 aliphatic rings. The molecule has 1 aromatic carbocycles. The standard InChI is InChI=1S/C14H12Cl2N2O2/c1-9(14(19)18-13-4-2-3-7-17-13)20-12-6-5-10(15)8-11(12)16/h2-9H,1H3,(H,17,18,19)/t9-/m1/s1. The lowest BCUT2D eigenvalue weighted by Gasteiger charge is -2.15. The third-order valence-corrected chi connectivity index (χ3v) is 3.01. The predicted molar refractivity (Wildman–Crippen MR) is 79.4 cm³/mol. The van der Waals surface area contributed by atoms with Gasteiger partial charge < -0.3 is 10.1 Å². The highest BCUT2D eigenvalue weighted by atomic mass is 35.5. The van der Waals surface area contributed by atoms with Crippen LogP contribution in [-0.4, -0.2) is 17.0 Å². The molecule has 0 radical (unpaired) electrons. The molecule has 2 aromatic rings. The summed E-state index contributed by atoms with van der Waals surface area (Å²) in [5, 5.41) is 3.51. The van der Waals surface area contributed by atoms with Crippen LogP contribution in [-0.2, 0) is 4.79 Å². The molecule has 20 heavy (non-hydrogen) atoms. The number of carbonyl (C=O) groups is 1. The molecule has 1 aromatic heterocycles. The molecule has 0 saturated carbocycles. The maximum Gasteiger partial charge on any atom is 0.266 e. The van der Waals surface area contributed by atoms with Crippen LogP contribution in [0.4, 0.5) is 5.82 Å². The molecule has 6 heteroatoms. The molecule has 0 fully saturated rings. The van der Waals surface area contributed by atoms with E-state index in [1.807, 2.05) is 0 Å². The summed E-state index contributed by atoms with van der Waals surface area (Å²) in [6.07, 6.45) is 0.882. The van der Waals surface area contributed by atoms with Gasteiger partial charge in [0.1, 0.15) is 11.6 Å². The monoisotopic (exact) mass is 310 g/mol. The van der Waals surface area contributed by atoms with E-state index in [4.69, 9.17) is 27.9 Å². The van der Waals surface area contributed by atoms with Crippen molar-refractivity contribution in [2.24, 2.45) is 0 Å². The topological polar surface area (TPSA) is 51.2 Å². The molecule has 0 aliphatic carbocycles. The van der Waals surface area contributed by atoms with Crippen molar-refractivity contribution in [2.75, 3.05) is 5.32 Å². The highest BCUT2D eigenvalue weighted by Gasteiger charge is 2.16. The number of hydrogen-bond donors (Lipinski definition) is 1. The Morgan fingerprint density at radius 1 is 1.30 bits per heavy atom. The molecule has 1 atom stereocenters. The van der Waals surface area contributed by atoms with E-state index in [1.165, 1.54) is 0 Å². The van der Waals surface area contributed by atoms with Crippen LogP contribution in [0.1, 0.15) is 6.92 Å². The van der Waals surface area contributed by atoms with Crippen LogP contribution in [0.2, 0.25) is 10.0 Å². The first kappa shape index (κ1) is 14.6. The molecule has 0 bridgehead atoms. The van der Waals surface area contributed by atoms with E-state index in [2.05, 4.69) is 10.3 Å². The SMILES string of the molecule is C[C@@H](Oc1ccc(Cl)cc1Cl)C(=O)Nc1ccccn1. The Labute approximate surface area is 126 Å². The van der Waals surface area contributed by atoms with Gasteiger partial charge >= 0.3 is 0 Å². The Bertz CT molecular complexity index is 605. The van der Waals surface area contributed by atoms with Gasteiger partial charge in [0.2, 0.25) is 0 Å². The van der Waals surface area contributed by atoms with Gasteiger partial charge in [-0.25, -0.2) is 4.98 Å². The highest BCUT2D eigenvalue weighted by Crippen LogP contribution is 2.28. The Morgan fingerprint density at radius 3 is 2.75 bits per heavy atom. The third-order valence-electron chi connectivity index (χ3n) is 2.48. The number of halogens is 2. The molecular formula is C14H12Cl2N2O2. The number of carbonyl (C=O) groups excluding carboxylic acids is 1. The van der Waals surface area contributed by atoms with Crippen molar-refractivity contribution in [3.63, 3.8) is 0 Å².